The molecule has 2 atom stereocenters. The molecule has 1 saturated heterocycles. The van der Waals surface area contributed by atoms with Gasteiger partial charge in [0.15, 0.2) is 6.29 Å². The van der Waals surface area contributed by atoms with Crippen LogP contribution >= 0.6 is 11.8 Å². The van der Waals surface area contributed by atoms with Crippen molar-refractivity contribution in [3.05, 3.63) is 22.4 Å². The summed E-state index contributed by atoms with van der Waals surface area (Å²) in [6.45, 7) is 13.0. The predicted molar refractivity (Wildman–Crippen MR) is 136 cm³/mol. The molecule has 9 heteroatoms. The molecule has 1 aliphatic heterocycles. The largest absolute Gasteiger partial charge is 0.390 e. The van der Waals surface area contributed by atoms with Gasteiger partial charge in [0.2, 0.25) is 0 Å². The highest BCUT2D eigenvalue weighted by Crippen LogP contribution is 2.32. The summed E-state index contributed by atoms with van der Waals surface area (Å²) in [5, 5.41) is 20.0. The molecular weight excluding hydrogens is 422 g/mol. The Morgan fingerprint density at radius 2 is 2.22 bits per heavy atom. The Morgan fingerprint density at radius 3 is 2.81 bits per heavy atom. The van der Waals surface area contributed by atoms with Gasteiger partial charge in [-0.1, -0.05) is 25.5 Å². The van der Waals surface area contributed by atoms with Gasteiger partial charge in [-0.05, 0) is 32.4 Å². The SMILES string of the molecule is C/C=C(\CC1COCCN(C(N=CCC#N)NCN)C1)C(C)(C)CN/C(SC)=C(\C)NC. The van der Waals surface area contributed by atoms with Crippen molar-refractivity contribution in [2.45, 2.75) is 46.8 Å². The highest BCUT2D eigenvalue weighted by molar-refractivity contribution is 8.02. The summed E-state index contributed by atoms with van der Waals surface area (Å²) < 4.78 is 5.94. The monoisotopic (exact) mass is 465 g/mol. The van der Waals surface area contributed by atoms with E-state index in [1.165, 1.54) is 10.6 Å². The summed E-state index contributed by atoms with van der Waals surface area (Å²) >= 11 is 1.73. The average molecular weight is 466 g/mol. The van der Waals surface area contributed by atoms with E-state index in [1.807, 2.05) is 7.05 Å². The average Bonchev–Trinajstić information content (AvgIpc) is 3.02. The lowest BCUT2D eigenvalue weighted by atomic mass is 9.79. The predicted octanol–water partition coefficient (Wildman–Crippen LogP) is 2.43. The number of nitrogens with zero attached hydrogens (tertiary/aromatic N) is 3. The second kappa shape index (κ2) is 15.3. The lowest BCUT2D eigenvalue weighted by molar-refractivity contribution is 0.117. The molecule has 8 nitrogen and oxygen atoms in total. The van der Waals surface area contributed by atoms with Gasteiger partial charge in [0.1, 0.15) is 0 Å². The van der Waals surface area contributed by atoms with Gasteiger partial charge in [-0.2, -0.15) is 5.26 Å². The van der Waals surface area contributed by atoms with Gasteiger partial charge in [-0.15, -0.1) is 11.8 Å². The molecule has 5 N–H and O–H groups in total. The van der Waals surface area contributed by atoms with Crippen molar-refractivity contribution < 1.29 is 4.74 Å². The van der Waals surface area contributed by atoms with Crippen LogP contribution < -0.4 is 21.7 Å². The van der Waals surface area contributed by atoms with E-state index in [9.17, 15) is 0 Å². The number of thioether (sulfide) groups is 1. The number of hydrogen-bond donors (Lipinski definition) is 4. The minimum atomic E-state index is -0.236. The topological polar surface area (TPSA) is 111 Å². The van der Waals surface area contributed by atoms with Crippen LogP contribution in [0.25, 0.3) is 0 Å². The highest BCUT2D eigenvalue weighted by Gasteiger charge is 2.29. The van der Waals surface area contributed by atoms with Gasteiger partial charge >= 0.3 is 0 Å². The van der Waals surface area contributed by atoms with Crippen LogP contribution in [-0.2, 0) is 4.74 Å². The first-order valence-corrected chi connectivity index (χ1v) is 12.5. The van der Waals surface area contributed by atoms with Crippen molar-refractivity contribution in [2.75, 3.05) is 52.8 Å². The van der Waals surface area contributed by atoms with Crippen LogP contribution in [0, 0.1) is 22.7 Å². The fourth-order valence-electron chi connectivity index (χ4n) is 3.81. The minimum Gasteiger partial charge on any atom is -0.390 e. The fourth-order valence-corrected chi connectivity index (χ4v) is 4.43. The highest BCUT2D eigenvalue weighted by atomic mass is 32.2. The maximum atomic E-state index is 8.81. The van der Waals surface area contributed by atoms with E-state index < -0.39 is 0 Å². The molecule has 0 saturated carbocycles. The normalized spacial score (nSPS) is 20.4. The van der Waals surface area contributed by atoms with Crippen molar-refractivity contribution in [3.8, 4) is 6.07 Å². The number of nitrogens with two attached hydrogens (primary N) is 1. The first-order valence-electron chi connectivity index (χ1n) is 11.3. The van der Waals surface area contributed by atoms with E-state index in [0.717, 1.165) is 38.4 Å². The molecule has 1 heterocycles. The van der Waals surface area contributed by atoms with E-state index in [0.29, 0.717) is 25.6 Å². The first kappa shape index (κ1) is 28.5. The molecule has 1 rings (SSSR count). The number of hydrogen-bond acceptors (Lipinski definition) is 9. The molecule has 1 fully saturated rings. The van der Waals surface area contributed by atoms with Crippen LogP contribution in [0.5, 0.6) is 0 Å². The molecule has 0 aromatic heterocycles. The Morgan fingerprint density at radius 1 is 1.47 bits per heavy atom. The second-order valence-electron chi connectivity index (χ2n) is 8.58. The van der Waals surface area contributed by atoms with Gasteiger partial charge in [0.05, 0.1) is 30.7 Å². The fraction of sp³-hybridized carbons (Fsp3) is 0.739. The molecule has 0 bridgehead atoms. The molecule has 0 aromatic carbocycles. The smallest absolute Gasteiger partial charge is 0.156 e. The number of ether oxygens (including phenoxy) is 1. The van der Waals surface area contributed by atoms with Crippen LogP contribution in [0.3, 0.4) is 0 Å². The summed E-state index contributed by atoms with van der Waals surface area (Å²) in [5.41, 5.74) is 8.31. The maximum absolute atomic E-state index is 8.81. The molecule has 0 radical (unpaired) electrons. The molecule has 2 unspecified atom stereocenters. The molecule has 182 valence electrons. The van der Waals surface area contributed by atoms with Crippen molar-refractivity contribution in [2.24, 2.45) is 22.1 Å². The molecule has 1 aliphatic rings. The number of nitriles is 1. The summed E-state index contributed by atoms with van der Waals surface area (Å²) in [4.78, 5) is 6.79. The van der Waals surface area contributed by atoms with Crippen LogP contribution in [0.1, 0.15) is 40.5 Å². The Hall–Kier alpha value is -1.57. The van der Waals surface area contributed by atoms with E-state index in [1.54, 1.807) is 18.0 Å². The van der Waals surface area contributed by atoms with Crippen molar-refractivity contribution >= 4 is 18.0 Å². The Balaban J connectivity index is 2.88. The third-order valence-electron chi connectivity index (χ3n) is 5.78. The summed E-state index contributed by atoms with van der Waals surface area (Å²) in [6.07, 6.45) is 7.02. The van der Waals surface area contributed by atoms with Crippen LogP contribution in [-0.4, -0.2) is 70.2 Å². The molecule has 0 aliphatic carbocycles. The molecule has 0 aromatic rings. The van der Waals surface area contributed by atoms with Crippen LogP contribution in [0.15, 0.2) is 27.4 Å². The zero-order chi connectivity index (χ0) is 24.0. The van der Waals surface area contributed by atoms with E-state index in [-0.39, 0.29) is 11.7 Å². The van der Waals surface area contributed by atoms with Gasteiger partial charge < -0.3 is 21.1 Å². The number of allylic oxidation sites excluding steroid dienone is 2. The molecular formula is C23H43N7OS. The maximum Gasteiger partial charge on any atom is 0.156 e. The van der Waals surface area contributed by atoms with E-state index in [2.05, 4.69) is 71.9 Å². The van der Waals surface area contributed by atoms with E-state index >= 15 is 0 Å². The van der Waals surface area contributed by atoms with Crippen molar-refractivity contribution in [1.29, 1.82) is 5.26 Å². The van der Waals surface area contributed by atoms with Gasteiger partial charge in [-0.3, -0.25) is 15.2 Å². The molecule has 0 spiro atoms. The van der Waals surface area contributed by atoms with Gasteiger partial charge in [0, 0.05) is 50.7 Å². The minimum absolute atomic E-state index is 0.000738. The van der Waals surface area contributed by atoms with Gasteiger partial charge in [-0.25, -0.2) is 0 Å². The molecule has 0 amide bonds. The third kappa shape index (κ3) is 9.51. The van der Waals surface area contributed by atoms with Crippen LogP contribution in [0.4, 0.5) is 0 Å². The van der Waals surface area contributed by atoms with Crippen LogP contribution in [0.2, 0.25) is 0 Å². The number of nitrogens with one attached hydrogen (secondary N) is 3. The van der Waals surface area contributed by atoms with Crippen molar-refractivity contribution in [1.82, 2.24) is 20.9 Å². The lowest BCUT2D eigenvalue weighted by Gasteiger charge is -2.34. The number of rotatable bonds is 13. The summed E-state index contributed by atoms with van der Waals surface area (Å²) in [6, 6.07) is 2.10. The quantitative estimate of drug-likeness (QED) is 0.186. The Kier molecular flexibility index (Phi) is 13.6. The summed E-state index contributed by atoms with van der Waals surface area (Å²) in [5.74, 6) is 0.353. The van der Waals surface area contributed by atoms with E-state index in [4.69, 9.17) is 15.7 Å². The first-order chi connectivity index (χ1) is 15.3. The molecule has 32 heavy (non-hydrogen) atoms. The van der Waals surface area contributed by atoms with Crippen molar-refractivity contribution in [3.63, 3.8) is 0 Å². The zero-order valence-corrected chi connectivity index (χ0v) is 21.5. The second-order valence-corrected chi connectivity index (χ2v) is 9.39. The summed E-state index contributed by atoms with van der Waals surface area (Å²) in [7, 11) is 1.95. The number of aliphatic imine (C=N–C) groups is 1. The standard InChI is InChI=1S/C23H43N7OS/c1-7-20(23(3,4)16-28-21(32-6)18(2)26-5)13-19-14-30(11-12-31-15-19)22(29-17-25)27-10-8-9-24/h7,10,19,22,26,28-29H,8,11-17,25H2,1-6H3/b20-7+,21-18-,27-10?. The lowest BCUT2D eigenvalue weighted by Crippen LogP contribution is -2.48. The van der Waals surface area contributed by atoms with Gasteiger partial charge in [0.25, 0.3) is 0 Å². The third-order valence-corrected chi connectivity index (χ3v) is 6.64. The Bertz CT molecular complexity index is 684. The zero-order valence-electron chi connectivity index (χ0n) is 20.7. The Labute approximate surface area is 199 Å².